The van der Waals surface area contributed by atoms with Gasteiger partial charge < -0.3 is 24.8 Å². The van der Waals surface area contributed by atoms with E-state index >= 15 is 0 Å². The van der Waals surface area contributed by atoms with E-state index in [0.29, 0.717) is 24.4 Å². The van der Waals surface area contributed by atoms with Crippen molar-refractivity contribution in [2.45, 2.75) is 26.0 Å². The van der Waals surface area contributed by atoms with E-state index in [1.807, 2.05) is 35.2 Å². The molecule has 1 fully saturated rings. The van der Waals surface area contributed by atoms with Gasteiger partial charge in [0, 0.05) is 30.9 Å². The van der Waals surface area contributed by atoms with E-state index in [1.54, 1.807) is 6.07 Å². The number of carbonyl (C=O) groups is 1. The Bertz CT molecular complexity index is 713. The van der Waals surface area contributed by atoms with Crippen molar-refractivity contribution >= 4 is 11.6 Å². The third kappa shape index (κ3) is 4.41. The third-order valence-corrected chi connectivity index (χ3v) is 4.51. The standard InChI is InChI=1S/C19H24N2O4/c22-12-14-3-2-8-21(11-14)19(24)15-4-1-5-16(9-15)20-10-17-6-7-18(13-23)25-17/h1,4-7,9,14,20,22-23H,2-3,8,10-13H2. The first-order valence-electron chi connectivity index (χ1n) is 8.62. The fourth-order valence-corrected chi connectivity index (χ4v) is 3.13. The van der Waals surface area contributed by atoms with Crippen LogP contribution < -0.4 is 5.32 Å². The minimum atomic E-state index is -0.116. The molecule has 0 bridgehead atoms. The van der Waals surface area contributed by atoms with Gasteiger partial charge in [-0.05, 0) is 49.1 Å². The number of hydrogen-bond acceptors (Lipinski definition) is 5. The van der Waals surface area contributed by atoms with Crippen LogP contribution in [-0.4, -0.2) is 40.7 Å². The van der Waals surface area contributed by atoms with Crippen LogP contribution in [-0.2, 0) is 13.2 Å². The summed E-state index contributed by atoms with van der Waals surface area (Å²) in [5.74, 6) is 1.44. The average Bonchev–Trinajstić information content (AvgIpc) is 3.14. The summed E-state index contributed by atoms with van der Waals surface area (Å²) in [7, 11) is 0. The molecule has 2 aromatic rings. The van der Waals surface area contributed by atoms with Gasteiger partial charge in [0.1, 0.15) is 18.1 Å². The molecule has 1 amide bonds. The van der Waals surface area contributed by atoms with Gasteiger partial charge in [-0.2, -0.15) is 0 Å². The minimum absolute atomic E-state index is 0.00219. The molecule has 1 aliphatic heterocycles. The SMILES string of the molecule is O=C(c1cccc(NCc2ccc(CO)o2)c1)N1CCCC(CO)C1. The molecule has 1 saturated heterocycles. The quantitative estimate of drug-likeness (QED) is 0.748. The minimum Gasteiger partial charge on any atom is -0.462 e. The molecule has 1 unspecified atom stereocenters. The maximum absolute atomic E-state index is 12.7. The number of likely N-dealkylation sites (tertiary alicyclic amines) is 1. The highest BCUT2D eigenvalue weighted by atomic mass is 16.4. The van der Waals surface area contributed by atoms with Crippen molar-refractivity contribution in [2.24, 2.45) is 5.92 Å². The Morgan fingerprint density at radius 1 is 1.24 bits per heavy atom. The molecule has 25 heavy (non-hydrogen) atoms. The highest BCUT2D eigenvalue weighted by Crippen LogP contribution is 2.20. The van der Waals surface area contributed by atoms with Crippen molar-refractivity contribution in [2.75, 3.05) is 25.0 Å². The number of aliphatic hydroxyl groups is 2. The van der Waals surface area contributed by atoms with Gasteiger partial charge in [0.05, 0.1) is 6.54 Å². The number of aliphatic hydroxyl groups excluding tert-OH is 2. The van der Waals surface area contributed by atoms with Gasteiger partial charge >= 0.3 is 0 Å². The molecule has 3 N–H and O–H groups in total. The summed E-state index contributed by atoms with van der Waals surface area (Å²) in [6.07, 6.45) is 1.90. The lowest BCUT2D eigenvalue weighted by molar-refractivity contribution is 0.0621. The molecule has 6 heteroatoms. The van der Waals surface area contributed by atoms with Gasteiger partial charge in [-0.1, -0.05) is 6.07 Å². The molecule has 1 aromatic carbocycles. The van der Waals surface area contributed by atoms with E-state index < -0.39 is 0 Å². The molecule has 0 saturated carbocycles. The van der Waals surface area contributed by atoms with Crippen molar-refractivity contribution < 1.29 is 19.4 Å². The van der Waals surface area contributed by atoms with Crippen molar-refractivity contribution in [1.82, 2.24) is 4.90 Å². The van der Waals surface area contributed by atoms with E-state index in [4.69, 9.17) is 9.52 Å². The number of hydrogen-bond donors (Lipinski definition) is 3. The zero-order chi connectivity index (χ0) is 17.6. The van der Waals surface area contributed by atoms with Crippen LogP contribution in [0, 0.1) is 5.92 Å². The molecule has 2 heterocycles. The topological polar surface area (TPSA) is 85.9 Å². The Morgan fingerprint density at radius 3 is 2.84 bits per heavy atom. The lowest BCUT2D eigenvalue weighted by Gasteiger charge is -2.32. The number of nitrogens with zero attached hydrogens (tertiary/aromatic N) is 1. The maximum Gasteiger partial charge on any atom is 0.253 e. The van der Waals surface area contributed by atoms with Gasteiger partial charge in [0.2, 0.25) is 0 Å². The van der Waals surface area contributed by atoms with E-state index in [0.717, 1.165) is 30.8 Å². The maximum atomic E-state index is 12.7. The van der Waals surface area contributed by atoms with Gasteiger partial charge in [0.25, 0.3) is 5.91 Å². The number of anilines is 1. The molecule has 0 spiro atoms. The summed E-state index contributed by atoms with van der Waals surface area (Å²) in [6.45, 7) is 1.85. The third-order valence-electron chi connectivity index (χ3n) is 4.51. The van der Waals surface area contributed by atoms with Gasteiger partial charge in [0.15, 0.2) is 0 Å². The molecular weight excluding hydrogens is 320 g/mol. The van der Waals surface area contributed by atoms with Crippen LogP contribution in [0.15, 0.2) is 40.8 Å². The van der Waals surface area contributed by atoms with E-state index in [2.05, 4.69) is 5.32 Å². The molecule has 3 rings (SSSR count). The Hall–Kier alpha value is -2.31. The normalized spacial score (nSPS) is 17.5. The Kier molecular flexibility index (Phi) is 5.73. The summed E-state index contributed by atoms with van der Waals surface area (Å²) < 4.78 is 5.44. The van der Waals surface area contributed by atoms with Crippen LogP contribution in [0.2, 0.25) is 0 Å². The van der Waals surface area contributed by atoms with Crippen LogP contribution >= 0.6 is 0 Å². The number of rotatable bonds is 6. The molecule has 1 atom stereocenters. The van der Waals surface area contributed by atoms with Crippen LogP contribution in [0.4, 0.5) is 5.69 Å². The largest absolute Gasteiger partial charge is 0.462 e. The van der Waals surface area contributed by atoms with Crippen LogP contribution in [0.1, 0.15) is 34.7 Å². The van der Waals surface area contributed by atoms with E-state index in [-0.39, 0.29) is 25.0 Å². The van der Waals surface area contributed by atoms with Gasteiger partial charge in [-0.25, -0.2) is 0 Å². The first-order valence-corrected chi connectivity index (χ1v) is 8.62. The number of carbonyl (C=O) groups excluding carboxylic acids is 1. The molecule has 0 radical (unpaired) electrons. The molecule has 1 aromatic heterocycles. The van der Waals surface area contributed by atoms with E-state index in [1.165, 1.54) is 0 Å². The Balaban J connectivity index is 1.63. The van der Waals surface area contributed by atoms with Crippen LogP contribution in [0.5, 0.6) is 0 Å². The predicted octanol–water partition coefficient (Wildman–Crippen LogP) is 2.23. The molecule has 1 aliphatic rings. The summed E-state index contributed by atoms with van der Waals surface area (Å²) in [5, 5.41) is 21.6. The van der Waals surface area contributed by atoms with Gasteiger partial charge in [-0.3, -0.25) is 4.79 Å². The second kappa shape index (κ2) is 8.18. The summed E-state index contributed by atoms with van der Waals surface area (Å²) in [4.78, 5) is 14.5. The number of amides is 1. The smallest absolute Gasteiger partial charge is 0.253 e. The fraction of sp³-hybridized carbons (Fsp3) is 0.421. The summed E-state index contributed by atoms with van der Waals surface area (Å²) >= 11 is 0. The monoisotopic (exact) mass is 344 g/mol. The first kappa shape index (κ1) is 17.5. The molecule has 0 aliphatic carbocycles. The summed E-state index contributed by atoms with van der Waals surface area (Å²) in [6, 6.07) is 11.0. The highest BCUT2D eigenvalue weighted by Gasteiger charge is 2.24. The van der Waals surface area contributed by atoms with Crippen molar-refractivity contribution in [1.29, 1.82) is 0 Å². The first-order chi connectivity index (χ1) is 12.2. The van der Waals surface area contributed by atoms with Crippen molar-refractivity contribution in [3.63, 3.8) is 0 Å². The van der Waals surface area contributed by atoms with Crippen molar-refractivity contribution in [3.8, 4) is 0 Å². The predicted molar refractivity (Wildman–Crippen MR) is 94.1 cm³/mol. The summed E-state index contributed by atoms with van der Waals surface area (Å²) in [5.41, 5.74) is 1.47. The lowest BCUT2D eigenvalue weighted by Crippen LogP contribution is -2.40. The molecular formula is C19H24N2O4. The molecule has 134 valence electrons. The Morgan fingerprint density at radius 2 is 2.08 bits per heavy atom. The van der Waals surface area contributed by atoms with Gasteiger partial charge in [-0.15, -0.1) is 0 Å². The number of benzene rings is 1. The lowest BCUT2D eigenvalue weighted by atomic mass is 9.98. The van der Waals surface area contributed by atoms with Crippen LogP contribution in [0.25, 0.3) is 0 Å². The second-order valence-electron chi connectivity index (χ2n) is 6.40. The van der Waals surface area contributed by atoms with Crippen LogP contribution in [0.3, 0.4) is 0 Å². The Labute approximate surface area is 147 Å². The van der Waals surface area contributed by atoms with E-state index in [9.17, 15) is 9.90 Å². The highest BCUT2D eigenvalue weighted by molar-refractivity contribution is 5.95. The number of nitrogens with one attached hydrogen (secondary N) is 1. The zero-order valence-corrected chi connectivity index (χ0v) is 14.1. The average molecular weight is 344 g/mol. The molecule has 6 nitrogen and oxygen atoms in total. The van der Waals surface area contributed by atoms with Crippen molar-refractivity contribution in [3.05, 3.63) is 53.5 Å². The number of furan rings is 1. The zero-order valence-electron chi connectivity index (χ0n) is 14.1. The number of piperidine rings is 1. The fourth-order valence-electron chi connectivity index (χ4n) is 3.13. The second-order valence-corrected chi connectivity index (χ2v) is 6.40.